The van der Waals surface area contributed by atoms with E-state index in [1.807, 2.05) is 26.0 Å². The second-order valence-corrected chi connectivity index (χ2v) is 10.0. The van der Waals surface area contributed by atoms with Crippen molar-refractivity contribution in [2.75, 3.05) is 5.32 Å². The zero-order valence-electron chi connectivity index (χ0n) is 20.7. The summed E-state index contributed by atoms with van der Waals surface area (Å²) in [5.74, 6) is -0.818. The molecule has 0 fully saturated rings. The minimum absolute atomic E-state index is 0.100. The molecule has 39 heavy (non-hydrogen) atoms. The summed E-state index contributed by atoms with van der Waals surface area (Å²) in [4.78, 5) is 17.3. The predicted molar refractivity (Wildman–Crippen MR) is 141 cm³/mol. The van der Waals surface area contributed by atoms with Crippen LogP contribution in [0.3, 0.4) is 0 Å². The first-order valence-electron chi connectivity index (χ1n) is 11.9. The Morgan fingerprint density at radius 1 is 1.05 bits per heavy atom. The summed E-state index contributed by atoms with van der Waals surface area (Å²) in [5.41, 5.74) is 0.561. The summed E-state index contributed by atoms with van der Waals surface area (Å²) in [7, 11) is 0. The van der Waals surface area contributed by atoms with Gasteiger partial charge in [0, 0.05) is 23.4 Å². The molecule has 0 aliphatic carbocycles. The third-order valence-corrected chi connectivity index (χ3v) is 6.64. The first-order chi connectivity index (χ1) is 18.5. The molecule has 0 aliphatic rings. The molecule has 0 aliphatic heterocycles. The number of nitrogens with one attached hydrogen (secondary N) is 1. The molecule has 5 aromatic rings. The van der Waals surface area contributed by atoms with Gasteiger partial charge in [-0.2, -0.15) is 23.4 Å². The summed E-state index contributed by atoms with van der Waals surface area (Å²) < 4.78 is 58.3. The molecule has 2 aromatic carbocycles. The van der Waals surface area contributed by atoms with Crippen molar-refractivity contribution in [2.24, 2.45) is 0 Å². The molecule has 12 heteroatoms. The summed E-state index contributed by atoms with van der Waals surface area (Å²) >= 11 is 3.29. The van der Waals surface area contributed by atoms with Gasteiger partial charge in [-0.3, -0.25) is 9.48 Å². The Morgan fingerprint density at radius 2 is 1.77 bits per heavy atom. The van der Waals surface area contributed by atoms with Crippen LogP contribution in [0.25, 0.3) is 16.9 Å². The number of amides is 1. The van der Waals surface area contributed by atoms with Gasteiger partial charge in [0.1, 0.15) is 5.82 Å². The number of nitrogens with zero attached hydrogens (tertiary/aromatic N) is 5. The lowest BCUT2D eigenvalue weighted by Crippen LogP contribution is -2.16. The summed E-state index contributed by atoms with van der Waals surface area (Å²) in [6, 6.07) is 15.4. The van der Waals surface area contributed by atoms with E-state index in [0.717, 1.165) is 11.6 Å². The molecule has 0 unspecified atom stereocenters. The monoisotopic (exact) mass is 600 g/mol. The Labute approximate surface area is 228 Å². The van der Waals surface area contributed by atoms with E-state index in [1.165, 1.54) is 16.8 Å². The van der Waals surface area contributed by atoms with Gasteiger partial charge in [0.15, 0.2) is 22.9 Å². The zero-order chi connectivity index (χ0) is 27.9. The smallest absolute Gasteiger partial charge is 0.303 e. The number of hydrogen-bond acceptors (Lipinski definition) is 4. The Hall–Kier alpha value is -4.06. The Kier molecular flexibility index (Phi) is 6.98. The number of carbonyl (C=O) groups excluding carboxylic acids is 1. The van der Waals surface area contributed by atoms with E-state index >= 15 is 0 Å². The van der Waals surface area contributed by atoms with Crippen LogP contribution in [0.2, 0.25) is 0 Å². The molecular formula is C27H21BrF4N6O. The molecule has 0 atom stereocenters. The summed E-state index contributed by atoms with van der Waals surface area (Å²) in [6.07, 6.45) is -3.20. The minimum atomic E-state index is -4.75. The number of rotatable bonds is 6. The van der Waals surface area contributed by atoms with Crippen molar-refractivity contribution in [1.29, 1.82) is 0 Å². The van der Waals surface area contributed by atoms with Crippen LogP contribution in [0.4, 0.5) is 23.4 Å². The van der Waals surface area contributed by atoms with Gasteiger partial charge in [0.2, 0.25) is 0 Å². The molecule has 3 aromatic heterocycles. The van der Waals surface area contributed by atoms with Gasteiger partial charge in [-0.15, -0.1) is 0 Å². The van der Waals surface area contributed by atoms with Gasteiger partial charge in [-0.1, -0.05) is 56.3 Å². The number of anilines is 1. The highest BCUT2D eigenvalue weighted by atomic mass is 79.9. The highest BCUT2D eigenvalue weighted by molar-refractivity contribution is 9.10. The van der Waals surface area contributed by atoms with Crippen molar-refractivity contribution in [3.8, 4) is 11.3 Å². The van der Waals surface area contributed by atoms with Crippen molar-refractivity contribution < 1.29 is 22.4 Å². The van der Waals surface area contributed by atoms with E-state index < -0.39 is 23.6 Å². The Bertz CT molecular complexity index is 1670. The van der Waals surface area contributed by atoms with E-state index in [2.05, 4.69) is 36.4 Å². The molecule has 5 rings (SSSR count). The van der Waals surface area contributed by atoms with Crippen molar-refractivity contribution in [3.63, 3.8) is 0 Å². The molecule has 200 valence electrons. The average molecular weight is 601 g/mol. The molecule has 0 radical (unpaired) electrons. The first-order valence-corrected chi connectivity index (χ1v) is 12.6. The molecule has 0 bridgehead atoms. The minimum Gasteiger partial charge on any atom is -0.303 e. The number of fused-ring (bicyclic) bond motifs is 1. The fourth-order valence-electron chi connectivity index (χ4n) is 4.01. The van der Waals surface area contributed by atoms with Crippen LogP contribution in [-0.4, -0.2) is 30.3 Å². The van der Waals surface area contributed by atoms with Crippen LogP contribution in [0.5, 0.6) is 0 Å². The first kappa shape index (κ1) is 26.5. The topological polar surface area (TPSA) is 77.1 Å². The van der Waals surface area contributed by atoms with Gasteiger partial charge in [0.05, 0.1) is 16.7 Å². The second kappa shape index (κ2) is 10.3. The third kappa shape index (κ3) is 5.56. The van der Waals surface area contributed by atoms with Gasteiger partial charge < -0.3 is 5.32 Å². The van der Waals surface area contributed by atoms with Crippen LogP contribution >= 0.6 is 15.9 Å². The third-order valence-electron chi connectivity index (χ3n) is 6.06. The van der Waals surface area contributed by atoms with Gasteiger partial charge in [0.25, 0.3) is 5.91 Å². The normalized spacial score (nSPS) is 11.9. The molecule has 7 nitrogen and oxygen atoms in total. The lowest BCUT2D eigenvalue weighted by molar-refractivity contribution is -0.142. The number of halogens is 5. The maximum atomic E-state index is 14.0. The van der Waals surface area contributed by atoms with Crippen molar-refractivity contribution >= 4 is 33.3 Å². The van der Waals surface area contributed by atoms with Crippen LogP contribution in [-0.2, 0) is 12.7 Å². The highest BCUT2D eigenvalue weighted by Gasteiger charge is 2.35. The Morgan fingerprint density at radius 3 is 2.44 bits per heavy atom. The maximum Gasteiger partial charge on any atom is 0.433 e. The van der Waals surface area contributed by atoms with E-state index in [0.29, 0.717) is 20.1 Å². The predicted octanol–water partition coefficient (Wildman–Crippen LogP) is 6.94. The van der Waals surface area contributed by atoms with Crippen LogP contribution in [0.1, 0.15) is 47.1 Å². The molecule has 0 spiro atoms. The number of alkyl halides is 3. The lowest BCUT2D eigenvalue weighted by atomic mass is 10.0. The van der Waals surface area contributed by atoms with E-state index in [4.69, 9.17) is 0 Å². The number of aromatic nitrogens is 5. The number of hydrogen-bond donors (Lipinski definition) is 1. The lowest BCUT2D eigenvalue weighted by Gasteiger charge is -2.11. The van der Waals surface area contributed by atoms with Gasteiger partial charge in [-0.25, -0.2) is 13.9 Å². The van der Waals surface area contributed by atoms with Crippen molar-refractivity contribution in [2.45, 2.75) is 32.5 Å². The molecule has 1 N–H and O–H groups in total. The number of carbonyl (C=O) groups is 1. The Balaban J connectivity index is 1.45. The fourth-order valence-corrected chi connectivity index (χ4v) is 4.42. The zero-order valence-corrected chi connectivity index (χ0v) is 22.3. The van der Waals surface area contributed by atoms with E-state index in [1.54, 1.807) is 36.5 Å². The largest absolute Gasteiger partial charge is 0.433 e. The summed E-state index contributed by atoms with van der Waals surface area (Å²) in [5, 5.41) is 10.7. The standard InChI is InChI=1S/C27H21BrF4N6O/c1-15(2)16-7-9-17(10-8-16)21-11-23(27(30,31)32)38-24(33-21)12-22(35-38)26(39)34-25-19(28)14-37(36-25)13-18-5-3-4-6-20(18)29/h3-12,14-15H,13H2,1-2H3,(H,34,36,39). The summed E-state index contributed by atoms with van der Waals surface area (Å²) in [6.45, 7) is 4.15. The van der Waals surface area contributed by atoms with Gasteiger partial charge >= 0.3 is 6.18 Å². The van der Waals surface area contributed by atoms with Crippen LogP contribution in [0, 0.1) is 5.82 Å². The van der Waals surface area contributed by atoms with E-state index in [-0.39, 0.29) is 35.3 Å². The second-order valence-electron chi connectivity index (χ2n) is 9.17. The van der Waals surface area contributed by atoms with Gasteiger partial charge in [-0.05, 0) is 39.5 Å². The molecular weight excluding hydrogens is 580 g/mol. The average Bonchev–Trinajstić information content (AvgIpc) is 3.47. The number of benzene rings is 2. The van der Waals surface area contributed by atoms with Crippen molar-refractivity contribution in [3.05, 3.63) is 99.7 Å². The quantitative estimate of drug-likeness (QED) is 0.214. The molecule has 0 saturated carbocycles. The molecule has 1 amide bonds. The fraction of sp³-hybridized carbons (Fsp3) is 0.185. The highest BCUT2D eigenvalue weighted by Crippen LogP contribution is 2.33. The molecule has 0 saturated heterocycles. The van der Waals surface area contributed by atoms with Crippen LogP contribution in [0.15, 0.2) is 71.3 Å². The van der Waals surface area contributed by atoms with Crippen molar-refractivity contribution in [1.82, 2.24) is 24.4 Å². The maximum absolute atomic E-state index is 14.0. The van der Waals surface area contributed by atoms with E-state index in [9.17, 15) is 22.4 Å². The van der Waals surface area contributed by atoms with Crippen LogP contribution < -0.4 is 5.32 Å². The SMILES string of the molecule is CC(C)c1ccc(-c2cc(C(F)(F)F)n3nc(C(=O)Nc4nn(Cc5ccccc5F)cc4Br)cc3n2)cc1. The molecule has 3 heterocycles.